The maximum atomic E-state index is 12.2. The van der Waals surface area contributed by atoms with Gasteiger partial charge in [0.05, 0.1) is 16.2 Å². The second-order valence-electron chi connectivity index (χ2n) is 6.67. The molecule has 1 N–H and O–H groups in total. The van der Waals surface area contributed by atoms with Crippen molar-refractivity contribution in [2.24, 2.45) is 0 Å². The maximum absolute atomic E-state index is 12.2. The number of thiol groups is 1. The Bertz CT molecular complexity index is 761. The highest BCUT2D eigenvalue weighted by Gasteiger charge is 2.28. The Morgan fingerprint density at radius 3 is 2.70 bits per heavy atom. The summed E-state index contributed by atoms with van der Waals surface area (Å²) in [6.07, 6.45) is 2.81. The second-order valence-corrected chi connectivity index (χ2v) is 7.53. The number of esters is 1. The van der Waals surface area contributed by atoms with Gasteiger partial charge in [0, 0.05) is 18.7 Å². The van der Waals surface area contributed by atoms with Crippen LogP contribution in [0.4, 0.5) is 4.79 Å². The van der Waals surface area contributed by atoms with Crippen molar-refractivity contribution in [3.8, 4) is 5.75 Å². The molecule has 2 aliphatic rings. The van der Waals surface area contributed by atoms with Crippen LogP contribution in [0.25, 0.3) is 0 Å². The number of amides is 1. The molecular formula is C18H23BrN2O5S. The van der Waals surface area contributed by atoms with Gasteiger partial charge in [-0.25, -0.2) is 9.59 Å². The zero-order valence-corrected chi connectivity index (χ0v) is 18.1. The molecule has 1 aromatic rings. The molecule has 0 spiro atoms. The minimum absolute atomic E-state index is 0.159. The number of carbonyl (C=O) groups excluding carboxylic acids is 2. The van der Waals surface area contributed by atoms with E-state index >= 15 is 0 Å². The zero-order valence-electron chi connectivity index (χ0n) is 15.7. The highest BCUT2D eigenvalue weighted by Crippen LogP contribution is 2.36. The Morgan fingerprint density at radius 2 is 2.04 bits per heavy atom. The number of rotatable bonds is 2. The van der Waals surface area contributed by atoms with Crippen molar-refractivity contribution in [2.45, 2.75) is 33.0 Å². The number of ether oxygens (including phenoxy) is 3. The van der Waals surface area contributed by atoms with Crippen LogP contribution in [-0.2, 0) is 16.1 Å². The molecule has 9 heteroatoms. The molecule has 0 aliphatic carbocycles. The summed E-state index contributed by atoms with van der Waals surface area (Å²) in [7, 11) is 0. The molecule has 0 saturated heterocycles. The van der Waals surface area contributed by atoms with E-state index in [1.54, 1.807) is 24.6 Å². The summed E-state index contributed by atoms with van der Waals surface area (Å²) < 4.78 is 17.0. The van der Waals surface area contributed by atoms with E-state index < -0.39 is 11.7 Å². The molecule has 27 heavy (non-hydrogen) atoms. The predicted molar refractivity (Wildman–Crippen MR) is 108 cm³/mol. The monoisotopic (exact) mass is 458 g/mol. The molecule has 0 saturated carbocycles. The first-order valence-electron chi connectivity index (χ1n) is 8.31. The van der Waals surface area contributed by atoms with Crippen molar-refractivity contribution < 1.29 is 23.8 Å². The Labute approximate surface area is 172 Å². The van der Waals surface area contributed by atoms with Crippen molar-refractivity contribution in [1.82, 2.24) is 10.2 Å². The molecule has 2 aliphatic heterocycles. The van der Waals surface area contributed by atoms with Gasteiger partial charge in [-0.05, 0) is 55.1 Å². The summed E-state index contributed by atoms with van der Waals surface area (Å²) in [4.78, 5) is 25.4. The molecule has 148 valence electrons. The average molecular weight is 459 g/mol. The number of cyclic esters (lactones) is 1. The third-order valence-electron chi connectivity index (χ3n) is 3.55. The Hall–Kier alpha value is -1.87. The molecule has 3 rings (SSSR count). The number of hydrogen-bond donors (Lipinski definition) is 2. The molecule has 0 atom stereocenters. The van der Waals surface area contributed by atoms with Crippen LogP contribution in [0.15, 0.2) is 28.7 Å². The summed E-state index contributed by atoms with van der Waals surface area (Å²) in [6, 6.07) is 3.42. The van der Waals surface area contributed by atoms with Gasteiger partial charge in [0.25, 0.3) is 0 Å². The highest BCUT2D eigenvalue weighted by atomic mass is 79.9. The van der Waals surface area contributed by atoms with E-state index in [-0.39, 0.29) is 12.6 Å². The van der Waals surface area contributed by atoms with Crippen molar-refractivity contribution in [2.75, 3.05) is 19.3 Å². The second kappa shape index (κ2) is 8.88. The van der Waals surface area contributed by atoms with E-state index in [0.717, 1.165) is 0 Å². The molecule has 7 nitrogen and oxygen atoms in total. The van der Waals surface area contributed by atoms with Crippen LogP contribution in [-0.4, -0.2) is 41.9 Å². The van der Waals surface area contributed by atoms with E-state index in [1.165, 1.54) is 4.90 Å². The minimum Gasteiger partial charge on any atom is -0.457 e. The fourth-order valence-electron chi connectivity index (χ4n) is 2.45. The predicted octanol–water partition coefficient (Wildman–Crippen LogP) is 3.68. The fraction of sp³-hybridized carbons (Fsp3) is 0.444. The third-order valence-corrected chi connectivity index (χ3v) is 4.17. The van der Waals surface area contributed by atoms with Gasteiger partial charge in [0.2, 0.25) is 5.88 Å². The molecule has 1 amide bonds. The Kier molecular flexibility index (Phi) is 7.05. The number of carbonyl (C=O) groups is 2. The first-order chi connectivity index (χ1) is 12.7. The molecular weight excluding hydrogens is 436 g/mol. The van der Waals surface area contributed by atoms with Crippen LogP contribution in [0.5, 0.6) is 5.75 Å². The van der Waals surface area contributed by atoms with Gasteiger partial charge in [-0.15, -0.1) is 0 Å². The molecule has 1 aromatic carbocycles. The highest BCUT2D eigenvalue weighted by molar-refractivity contribution is 9.10. The van der Waals surface area contributed by atoms with Crippen molar-refractivity contribution in [3.63, 3.8) is 0 Å². The van der Waals surface area contributed by atoms with Gasteiger partial charge in [0.1, 0.15) is 12.2 Å². The first kappa shape index (κ1) is 21.4. The number of nitrogens with zero attached hydrogens (tertiary/aromatic N) is 1. The Balaban J connectivity index is 0.00000126. The standard InChI is InChI=1S/C17H19BrN2O5.CH4S/c1-17(2,3)25-16(22)20-7-6-19-13(8-20)24-14-11-9-23-15(21)10(11)4-5-12(14)18;1-2/h4-5,8,19H,6-7,9H2,1-3H3;2H,1H3. The van der Waals surface area contributed by atoms with E-state index in [4.69, 9.17) is 14.2 Å². The summed E-state index contributed by atoms with van der Waals surface area (Å²) in [5.74, 6) is 0.520. The Morgan fingerprint density at radius 1 is 1.33 bits per heavy atom. The van der Waals surface area contributed by atoms with E-state index in [2.05, 4.69) is 33.9 Å². The third kappa shape index (κ3) is 5.32. The van der Waals surface area contributed by atoms with Crippen LogP contribution in [0.3, 0.4) is 0 Å². The van der Waals surface area contributed by atoms with Gasteiger partial charge >= 0.3 is 12.1 Å². The summed E-state index contributed by atoms with van der Waals surface area (Å²) in [5, 5.41) is 3.09. The number of fused-ring (bicyclic) bond motifs is 1. The normalized spacial score (nSPS) is 15.6. The lowest BCUT2D eigenvalue weighted by molar-refractivity contribution is 0.0316. The van der Waals surface area contributed by atoms with Crippen LogP contribution < -0.4 is 10.1 Å². The van der Waals surface area contributed by atoms with Crippen molar-refractivity contribution >= 4 is 40.6 Å². The lowest BCUT2D eigenvalue weighted by atomic mass is 10.1. The molecule has 0 fully saturated rings. The number of hydrogen-bond acceptors (Lipinski definition) is 7. The van der Waals surface area contributed by atoms with Gasteiger partial charge < -0.3 is 19.5 Å². The van der Waals surface area contributed by atoms with Crippen LogP contribution >= 0.6 is 28.6 Å². The average Bonchev–Trinajstić information content (AvgIpc) is 2.99. The van der Waals surface area contributed by atoms with Crippen LogP contribution in [0.2, 0.25) is 0 Å². The molecule has 0 unspecified atom stereocenters. The van der Waals surface area contributed by atoms with Crippen molar-refractivity contribution in [3.05, 3.63) is 39.8 Å². The van der Waals surface area contributed by atoms with E-state index in [1.807, 2.05) is 20.8 Å². The molecule has 0 bridgehead atoms. The van der Waals surface area contributed by atoms with Gasteiger partial charge in [0.15, 0.2) is 5.75 Å². The fourth-order valence-corrected chi connectivity index (χ4v) is 2.90. The molecule has 0 radical (unpaired) electrons. The quantitative estimate of drug-likeness (QED) is 0.519. The van der Waals surface area contributed by atoms with E-state index in [0.29, 0.717) is 40.3 Å². The summed E-state index contributed by atoms with van der Waals surface area (Å²) in [5.41, 5.74) is 0.590. The van der Waals surface area contributed by atoms with Gasteiger partial charge in [-0.1, -0.05) is 0 Å². The minimum atomic E-state index is -0.572. The summed E-state index contributed by atoms with van der Waals surface area (Å²) >= 11 is 6.96. The molecule has 0 aromatic heterocycles. The number of nitrogens with one attached hydrogen (secondary N) is 1. The number of halogens is 1. The lowest BCUT2D eigenvalue weighted by Crippen LogP contribution is -2.42. The van der Waals surface area contributed by atoms with Gasteiger partial charge in [-0.2, -0.15) is 12.6 Å². The SMILES string of the molecule is CC(C)(C)OC(=O)N1C=C(Oc2c(Br)ccc3c2COC3=O)NCC1.CS. The largest absolute Gasteiger partial charge is 0.457 e. The zero-order chi connectivity index (χ0) is 20.2. The van der Waals surface area contributed by atoms with Gasteiger partial charge in [-0.3, -0.25) is 4.90 Å². The molecule has 2 heterocycles. The van der Waals surface area contributed by atoms with Crippen molar-refractivity contribution in [1.29, 1.82) is 0 Å². The first-order valence-corrected chi connectivity index (χ1v) is 10.00. The topological polar surface area (TPSA) is 77.1 Å². The maximum Gasteiger partial charge on any atom is 0.414 e. The van der Waals surface area contributed by atoms with E-state index in [9.17, 15) is 9.59 Å². The van der Waals surface area contributed by atoms with Crippen LogP contribution in [0.1, 0.15) is 36.7 Å². The smallest absolute Gasteiger partial charge is 0.414 e. The van der Waals surface area contributed by atoms with Crippen LogP contribution in [0, 0.1) is 0 Å². The number of benzene rings is 1. The lowest BCUT2D eigenvalue weighted by Gasteiger charge is -2.29. The summed E-state index contributed by atoms with van der Waals surface area (Å²) in [6.45, 7) is 6.59.